The van der Waals surface area contributed by atoms with Gasteiger partial charge < -0.3 is 0 Å². The molecular weight excluding hydrogens is 211 g/mol. The van der Waals surface area contributed by atoms with Crippen LogP contribution in [0, 0.1) is 12.7 Å². The molecule has 1 aromatic heterocycles. The lowest BCUT2D eigenvalue weighted by Crippen LogP contribution is -2.19. The van der Waals surface area contributed by atoms with E-state index in [0.29, 0.717) is 16.6 Å². The van der Waals surface area contributed by atoms with Crippen molar-refractivity contribution in [3.05, 3.63) is 41.3 Å². The second-order valence-corrected chi connectivity index (χ2v) is 3.42. The Kier molecular flexibility index (Phi) is 2.54. The molecule has 4 nitrogen and oxygen atoms in total. The highest BCUT2D eigenvalue weighted by atomic mass is 19.1. The first-order chi connectivity index (χ1) is 7.61. The average molecular weight is 220 g/mol. The molecule has 0 saturated heterocycles. The first-order valence-electron chi connectivity index (χ1n) is 4.63. The van der Waals surface area contributed by atoms with Crippen molar-refractivity contribution in [1.29, 1.82) is 0 Å². The number of halogens is 1. The summed E-state index contributed by atoms with van der Waals surface area (Å²) < 4.78 is 13.2. The third kappa shape index (κ3) is 1.72. The normalized spacial score (nSPS) is 10.4. The van der Waals surface area contributed by atoms with Crippen molar-refractivity contribution in [3.63, 3.8) is 0 Å². The van der Waals surface area contributed by atoms with Crippen molar-refractivity contribution in [2.24, 2.45) is 0 Å². The number of rotatable bonds is 1. The van der Waals surface area contributed by atoms with Crippen LogP contribution in [0.4, 0.5) is 4.39 Å². The van der Waals surface area contributed by atoms with E-state index in [2.05, 4.69) is 4.98 Å². The van der Waals surface area contributed by atoms with Gasteiger partial charge in [0.2, 0.25) is 0 Å². The molecule has 0 radical (unpaired) electrons. The van der Waals surface area contributed by atoms with Crippen molar-refractivity contribution in [2.75, 3.05) is 0 Å². The van der Waals surface area contributed by atoms with Gasteiger partial charge in [-0.05, 0) is 25.1 Å². The summed E-state index contributed by atoms with van der Waals surface area (Å²) in [6.07, 6.45) is 0. The first kappa shape index (κ1) is 10.5. The molecular formula is C11H9FN2O2. The Labute approximate surface area is 90.7 Å². The predicted molar refractivity (Wildman–Crippen MR) is 55.7 cm³/mol. The number of hydroxylamine groups is 1. The average Bonchev–Trinajstić information content (AvgIpc) is 2.27. The van der Waals surface area contributed by atoms with Crippen LogP contribution in [0.15, 0.2) is 24.3 Å². The first-order valence-corrected chi connectivity index (χ1v) is 4.63. The van der Waals surface area contributed by atoms with Gasteiger partial charge in [0.25, 0.3) is 5.91 Å². The molecule has 5 heteroatoms. The van der Waals surface area contributed by atoms with E-state index in [-0.39, 0.29) is 5.56 Å². The van der Waals surface area contributed by atoms with Gasteiger partial charge in [-0.15, -0.1) is 0 Å². The van der Waals surface area contributed by atoms with Crippen LogP contribution in [0.1, 0.15) is 16.1 Å². The summed E-state index contributed by atoms with van der Waals surface area (Å²) in [6.45, 7) is 1.77. The molecule has 16 heavy (non-hydrogen) atoms. The fraction of sp³-hybridized carbons (Fsp3) is 0.0909. The van der Waals surface area contributed by atoms with E-state index in [1.54, 1.807) is 19.1 Å². The molecule has 0 spiro atoms. The molecule has 0 aliphatic carbocycles. The topological polar surface area (TPSA) is 62.2 Å². The van der Waals surface area contributed by atoms with Gasteiger partial charge in [-0.2, -0.15) is 0 Å². The number of carbonyl (C=O) groups is 1. The predicted octanol–water partition coefficient (Wildman–Crippen LogP) is 1.80. The van der Waals surface area contributed by atoms with Gasteiger partial charge in [-0.25, -0.2) is 9.87 Å². The number of hydrogen-bond donors (Lipinski definition) is 2. The molecule has 0 fully saturated rings. The highest BCUT2D eigenvalue weighted by Gasteiger charge is 2.12. The van der Waals surface area contributed by atoms with Crippen molar-refractivity contribution < 1.29 is 14.4 Å². The Hall–Kier alpha value is -2.01. The SMILES string of the molecule is Cc1ccc2cc(F)cc(C(=O)NO)c2n1. The van der Waals surface area contributed by atoms with Gasteiger partial charge in [0.1, 0.15) is 5.82 Å². The Balaban J connectivity index is 2.79. The minimum Gasteiger partial charge on any atom is -0.288 e. The molecule has 0 saturated carbocycles. The van der Waals surface area contributed by atoms with Gasteiger partial charge >= 0.3 is 0 Å². The maximum Gasteiger partial charge on any atom is 0.276 e. The standard InChI is InChI=1S/C11H9FN2O2/c1-6-2-3-7-4-8(12)5-9(10(7)13-6)11(15)14-16/h2-5,16H,1H3,(H,14,15). The molecule has 2 N–H and O–H groups in total. The lowest BCUT2D eigenvalue weighted by molar-refractivity contribution is 0.0707. The lowest BCUT2D eigenvalue weighted by atomic mass is 10.1. The minimum atomic E-state index is -0.775. The molecule has 1 amide bonds. The number of nitrogens with one attached hydrogen (secondary N) is 1. The third-order valence-electron chi connectivity index (χ3n) is 2.24. The van der Waals surface area contributed by atoms with Gasteiger partial charge in [0.15, 0.2) is 0 Å². The number of hydrogen-bond acceptors (Lipinski definition) is 3. The van der Waals surface area contributed by atoms with E-state index in [1.165, 1.54) is 11.5 Å². The molecule has 2 aromatic rings. The fourth-order valence-corrected chi connectivity index (χ4v) is 1.53. The molecule has 82 valence electrons. The van der Waals surface area contributed by atoms with E-state index in [0.717, 1.165) is 6.07 Å². The third-order valence-corrected chi connectivity index (χ3v) is 2.24. The number of pyridine rings is 1. The Morgan fingerprint density at radius 1 is 1.44 bits per heavy atom. The summed E-state index contributed by atoms with van der Waals surface area (Å²) in [7, 11) is 0. The lowest BCUT2D eigenvalue weighted by Gasteiger charge is -2.05. The van der Waals surface area contributed by atoms with Crippen LogP contribution in [0.2, 0.25) is 0 Å². The fourth-order valence-electron chi connectivity index (χ4n) is 1.53. The zero-order chi connectivity index (χ0) is 11.7. The van der Waals surface area contributed by atoms with Crippen LogP contribution in [-0.4, -0.2) is 16.1 Å². The second kappa shape index (κ2) is 3.86. The van der Waals surface area contributed by atoms with Crippen molar-refractivity contribution in [2.45, 2.75) is 6.92 Å². The monoisotopic (exact) mass is 220 g/mol. The van der Waals surface area contributed by atoms with Crippen LogP contribution < -0.4 is 5.48 Å². The zero-order valence-corrected chi connectivity index (χ0v) is 8.49. The quantitative estimate of drug-likeness (QED) is 0.569. The molecule has 0 aliphatic heterocycles. The molecule has 0 unspecified atom stereocenters. The van der Waals surface area contributed by atoms with E-state index in [9.17, 15) is 9.18 Å². The van der Waals surface area contributed by atoms with Crippen LogP contribution in [0.5, 0.6) is 0 Å². The summed E-state index contributed by atoms with van der Waals surface area (Å²) in [5.41, 5.74) is 2.57. The van der Waals surface area contributed by atoms with Crippen LogP contribution in [0.25, 0.3) is 10.9 Å². The maximum atomic E-state index is 13.2. The van der Waals surface area contributed by atoms with E-state index in [1.807, 2.05) is 0 Å². The molecule has 0 bridgehead atoms. The number of aryl methyl sites for hydroxylation is 1. The zero-order valence-electron chi connectivity index (χ0n) is 8.49. The number of amides is 1. The van der Waals surface area contributed by atoms with Crippen LogP contribution in [0.3, 0.4) is 0 Å². The van der Waals surface area contributed by atoms with Crippen LogP contribution >= 0.6 is 0 Å². The number of fused-ring (bicyclic) bond motifs is 1. The summed E-state index contributed by atoms with van der Waals surface area (Å²) in [4.78, 5) is 15.5. The summed E-state index contributed by atoms with van der Waals surface area (Å²) in [5, 5.41) is 9.08. The van der Waals surface area contributed by atoms with Crippen molar-refractivity contribution in [3.8, 4) is 0 Å². The number of carbonyl (C=O) groups excluding carboxylic acids is 1. The van der Waals surface area contributed by atoms with Crippen LogP contribution in [-0.2, 0) is 0 Å². The van der Waals surface area contributed by atoms with Gasteiger partial charge in [0, 0.05) is 11.1 Å². The van der Waals surface area contributed by atoms with E-state index < -0.39 is 11.7 Å². The Morgan fingerprint density at radius 2 is 2.19 bits per heavy atom. The van der Waals surface area contributed by atoms with E-state index in [4.69, 9.17) is 5.21 Å². The van der Waals surface area contributed by atoms with Crippen molar-refractivity contribution >= 4 is 16.8 Å². The Bertz CT molecular complexity index is 569. The molecule has 2 rings (SSSR count). The molecule has 0 atom stereocenters. The van der Waals surface area contributed by atoms with Gasteiger partial charge in [-0.3, -0.25) is 15.0 Å². The summed E-state index contributed by atoms with van der Waals surface area (Å²) in [5.74, 6) is -1.32. The smallest absolute Gasteiger partial charge is 0.276 e. The molecule has 0 aliphatic rings. The summed E-state index contributed by atoms with van der Waals surface area (Å²) in [6, 6.07) is 5.73. The van der Waals surface area contributed by atoms with E-state index >= 15 is 0 Å². The number of nitrogens with zero attached hydrogens (tertiary/aromatic N) is 1. The molecule has 1 aromatic carbocycles. The largest absolute Gasteiger partial charge is 0.288 e. The number of aromatic nitrogens is 1. The summed E-state index contributed by atoms with van der Waals surface area (Å²) >= 11 is 0. The maximum absolute atomic E-state index is 13.2. The molecule has 1 heterocycles. The highest BCUT2D eigenvalue weighted by molar-refractivity contribution is 6.05. The van der Waals surface area contributed by atoms with Gasteiger partial charge in [-0.1, -0.05) is 6.07 Å². The second-order valence-electron chi connectivity index (χ2n) is 3.42. The van der Waals surface area contributed by atoms with Gasteiger partial charge in [0.05, 0.1) is 11.1 Å². The highest BCUT2D eigenvalue weighted by Crippen LogP contribution is 2.19. The Morgan fingerprint density at radius 3 is 2.88 bits per heavy atom. The van der Waals surface area contributed by atoms with Crippen molar-refractivity contribution in [1.82, 2.24) is 10.5 Å². The number of benzene rings is 1. The minimum absolute atomic E-state index is 0.0150.